The van der Waals surface area contributed by atoms with Gasteiger partial charge in [-0.1, -0.05) is 13.3 Å². The maximum absolute atomic E-state index is 12.0. The Morgan fingerprint density at radius 2 is 2.25 bits per heavy atom. The van der Waals surface area contributed by atoms with Gasteiger partial charge in [-0.05, 0) is 26.2 Å². The van der Waals surface area contributed by atoms with Crippen molar-refractivity contribution in [3.05, 3.63) is 0 Å². The Labute approximate surface area is 98.1 Å². The lowest BCUT2D eigenvalue weighted by Crippen LogP contribution is -2.56. The molecule has 1 saturated carbocycles. The molecule has 3 nitrogen and oxygen atoms in total. The molecular formula is C13H23NO2. The highest BCUT2D eigenvalue weighted by Gasteiger charge is 2.35. The van der Waals surface area contributed by atoms with E-state index in [2.05, 4.69) is 18.7 Å². The third-order valence-electron chi connectivity index (χ3n) is 3.90. The number of ketones is 1. The van der Waals surface area contributed by atoms with Gasteiger partial charge in [0.2, 0.25) is 0 Å². The van der Waals surface area contributed by atoms with Crippen LogP contribution in [0.5, 0.6) is 0 Å². The summed E-state index contributed by atoms with van der Waals surface area (Å²) in [7, 11) is 0. The van der Waals surface area contributed by atoms with Crippen molar-refractivity contribution in [2.45, 2.75) is 64.1 Å². The lowest BCUT2D eigenvalue weighted by Gasteiger charge is -2.43. The van der Waals surface area contributed by atoms with Gasteiger partial charge in [0, 0.05) is 19.0 Å². The van der Waals surface area contributed by atoms with Crippen LogP contribution in [0.2, 0.25) is 0 Å². The first-order valence-corrected chi connectivity index (χ1v) is 6.62. The summed E-state index contributed by atoms with van der Waals surface area (Å²) in [6, 6.07) is 0.633. The molecule has 2 rings (SSSR count). The summed E-state index contributed by atoms with van der Waals surface area (Å²) in [5, 5.41) is 0. The smallest absolute Gasteiger partial charge is 0.149 e. The average molecular weight is 225 g/mol. The molecular weight excluding hydrogens is 202 g/mol. The van der Waals surface area contributed by atoms with Crippen molar-refractivity contribution in [1.82, 2.24) is 4.90 Å². The number of morpholine rings is 1. The van der Waals surface area contributed by atoms with E-state index >= 15 is 0 Å². The molecule has 0 spiro atoms. The SMILES string of the molecule is CCC1COC(C)CN1C1CCCCC1=O. The third-order valence-corrected chi connectivity index (χ3v) is 3.90. The quantitative estimate of drug-likeness (QED) is 0.720. The Balaban J connectivity index is 2.05. The number of rotatable bonds is 2. The molecule has 0 aromatic heterocycles. The highest BCUT2D eigenvalue weighted by molar-refractivity contribution is 5.84. The maximum atomic E-state index is 12.0. The highest BCUT2D eigenvalue weighted by atomic mass is 16.5. The van der Waals surface area contributed by atoms with Gasteiger partial charge in [-0.2, -0.15) is 0 Å². The van der Waals surface area contributed by atoms with Crippen LogP contribution in [0, 0.1) is 0 Å². The predicted molar refractivity (Wildman–Crippen MR) is 63.5 cm³/mol. The van der Waals surface area contributed by atoms with E-state index in [1.165, 1.54) is 6.42 Å². The molecule has 0 aromatic carbocycles. The molecule has 0 bridgehead atoms. The molecule has 1 saturated heterocycles. The molecule has 3 heteroatoms. The third kappa shape index (κ3) is 2.46. The van der Waals surface area contributed by atoms with Crippen LogP contribution in [0.25, 0.3) is 0 Å². The van der Waals surface area contributed by atoms with Crippen LogP contribution in [-0.2, 0) is 9.53 Å². The fraction of sp³-hybridized carbons (Fsp3) is 0.923. The molecule has 2 aliphatic rings. The first kappa shape index (κ1) is 12.1. The zero-order chi connectivity index (χ0) is 11.5. The van der Waals surface area contributed by atoms with Crippen LogP contribution in [0.15, 0.2) is 0 Å². The lowest BCUT2D eigenvalue weighted by molar-refractivity contribution is -0.134. The van der Waals surface area contributed by atoms with Crippen molar-refractivity contribution >= 4 is 5.78 Å². The van der Waals surface area contributed by atoms with Crippen molar-refractivity contribution < 1.29 is 9.53 Å². The Morgan fingerprint density at radius 1 is 1.44 bits per heavy atom. The number of hydrogen-bond donors (Lipinski definition) is 0. The minimum absolute atomic E-state index is 0.185. The van der Waals surface area contributed by atoms with Gasteiger partial charge in [-0.25, -0.2) is 0 Å². The van der Waals surface area contributed by atoms with Crippen molar-refractivity contribution in [3.8, 4) is 0 Å². The van der Waals surface area contributed by atoms with Gasteiger partial charge in [0.05, 0.1) is 18.8 Å². The number of hydrogen-bond acceptors (Lipinski definition) is 3. The van der Waals surface area contributed by atoms with Gasteiger partial charge in [-0.3, -0.25) is 9.69 Å². The maximum Gasteiger partial charge on any atom is 0.149 e. The van der Waals surface area contributed by atoms with Crippen molar-refractivity contribution in [3.63, 3.8) is 0 Å². The van der Waals surface area contributed by atoms with Gasteiger partial charge in [-0.15, -0.1) is 0 Å². The molecule has 16 heavy (non-hydrogen) atoms. The predicted octanol–water partition coefficient (Wildman–Crippen LogP) is 2.00. The first-order chi connectivity index (χ1) is 7.72. The van der Waals surface area contributed by atoms with Gasteiger partial charge in [0.1, 0.15) is 5.78 Å². The van der Waals surface area contributed by atoms with Crippen molar-refractivity contribution in [2.75, 3.05) is 13.2 Å². The average Bonchev–Trinajstić information content (AvgIpc) is 2.29. The van der Waals surface area contributed by atoms with E-state index in [1.54, 1.807) is 0 Å². The molecule has 0 N–H and O–H groups in total. The van der Waals surface area contributed by atoms with E-state index in [0.29, 0.717) is 11.8 Å². The molecule has 0 aromatic rings. The fourth-order valence-corrected chi connectivity index (χ4v) is 2.92. The first-order valence-electron chi connectivity index (χ1n) is 6.62. The zero-order valence-corrected chi connectivity index (χ0v) is 10.4. The van der Waals surface area contributed by atoms with E-state index in [-0.39, 0.29) is 12.1 Å². The molecule has 1 aliphatic heterocycles. The van der Waals surface area contributed by atoms with Gasteiger partial charge >= 0.3 is 0 Å². The van der Waals surface area contributed by atoms with Gasteiger partial charge < -0.3 is 4.74 Å². The van der Waals surface area contributed by atoms with Crippen LogP contribution in [0.4, 0.5) is 0 Å². The summed E-state index contributed by atoms with van der Waals surface area (Å²) in [6.07, 6.45) is 5.49. The number of carbonyl (C=O) groups is 1. The van der Waals surface area contributed by atoms with E-state index in [0.717, 1.165) is 38.8 Å². The molecule has 1 heterocycles. The van der Waals surface area contributed by atoms with Crippen LogP contribution in [0.3, 0.4) is 0 Å². The van der Waals surface area contributed by atoms with Crippen molar-refractivity contribution in [2.24, 2.45) is 0 Å². The van der Waals surface area contributed by atoms with Crippen LogP contribution in [0.1, 0.15) is 46.0 Å². The second-order valence-electron chi connectivity index (χ2n) is 5.13. The summed E-state index contributed by atoms with van der Waals surface area (Å²) in [5.41, 5.74) is 0. The Kier molecular flexibility index (Phi) is 3.98. The standard InChI is InChI=1S/C13H23NO2/c1-3-11-9-16-10(2)8-14(11)12-6-4-5-7-13(12)15/h10-12H,3-9H2,1-2H3. The topological polar surface area (TPSA) is 29.5 Å². The Morgan fingerprint density at radius 3 is 2.94 bits per heavy atom. The number of carbonyl (C=O) groups excluding carboxylic acids is 1. The Bertz CT molecular complexity index is 254. The number of Topliss-reactive ketones (excluding diaryl/α,β-unsaturated/α-hetero) is 1. The van der Waals surface area contributed by atoms with Crippen LogP contribution >= 0.6 is 0 Å². The summed E-state index contributed by atoms with van der Waals surface area (Å²) >= 11 is 0. The number of nitrogens with zero attached hydrogens (tertiary/aromatic N) is 1. The fourth-order valence-electron chi connectivity index (χ4n) is 2.92. The summed E-state index contributed by atoms with van der Waals surface area (Å²) in [5.74, 6) is 0.457. The van der Waals surface area contributed by atoms with E-state index in [9.17, 15) is 4.79 Å². The normalized spacial score (nSPS) is 37.6. The molecule has 1 aliphatic carbocycles. The Hall–Kier alpha value is -0.410. The van der Waals surface area contributed by atoms with E-state index in [4.69, 9.17) is 4.74 Å². The minimum atomic E-state index is 0.185. The van der Waals surface area contributed by atoms with Gasteiger partial charge in [0.25, 0.3) is 0 Å². The summed E-state index contributed by atoms with van der Waals surface area (Å²) < 4.78 is 5.68. The second kappa shape index (κ2) is 5.28. The zero-order valence-electron chi connectivity index (χ0n) is 10.4. The lowest BCUT2D eigenvalue weighted by atomic mass is 9.91. The van der Waals surface area contributed by atoms with Crippen LogP contribution in [-0.4, -0.2) is 42.0 Å². The van der Waals surface area contributed by atoms with E-state index < -0.39 is 0 Å². The molecule has 92 valence electrons. The molecule has 0 amide bonds. The van der Waals surface area contributed by atoms with Crippen molar-refractivity contribution in [1.29, 1.82) is 0 Å². The molecule has 3 unspecified atom stereocenters. The minimum Gasteiger partial charge on any atom is -0.376 e. The highest BCUT2D eigenvalue weighted by Crippen LogP contribution is 2.25. The van der Waals surface area contributed by atoms with Gasteiger partial charge in [0.15, 0.2) is 0 Å². The van der Waals surface area contributed by atoms with Crippen LogP contribution < -0.4 is 0 Å². The van der Waals surface area contributed by atoms with E-state index in [1.807, 2.05) is 0 Å². The molecule has 2 fully saturated rings. The molecule has 0 radical (unpaired) electrons. The second-order valence-corrected chi connectivity index (χ2v) is 5.13. The number of ether oxygens (including phenoxy) is 1. The monoisotopic (exact) mass is 225 g/mol. The summed E-state index contributed by atoms with van der Waals surface area (Å²) in [4.78, 5) is 14.4. The summed E-state index contributed by atoms with van der Waals surface area (Å²) in [6.45, 7) is 6.01. The molecule has 3 atom stereocenters. The largest absolute Gasteiger partial charge is 0.376 e.